The molecule has 5 heteroatoms. The van der Waals surface area contributed by atoms with Gasteiger partial charge in [-0.05, 0) is 28.1 Å². The van der Waals surface area contributed by atoms with Crippen molar-refractivity contribution in [2.24, 2.45) is 0 Å². The van der Waals surface area contributed by atoms with E-state index < -0.39 is 0 Å². The van der Waals surface area contributed by atoms with Crippen molar-refractivity contribution in [3.63, 3.8) is 0 Å². The first-order chi connectivity index (χ1) is 6.70. The summed E-state index contributed by atoms with van der Waals surface area (Å²) >= 11 is 7.46. The summed E-state index contributed by atoms with van der Waals surface area (Å²) in [6, 6.07) is 0. The fraction of sp³-hybridized carbons (Fsp3) is 0.556. The van der Waals surface area contributed by atoms with Gasteiger partial charge in [-0.2, -0.15) is 17.7 Å². The summed E-state index contributed by atoms with van der Waals surface area (Å²) < 4.78 is 2.52. The minimum atomic E-state index is 0.119. The Bertz CT molecular complexity index is 325. The number of ketones is 1. The van der Waals surface area contributed by atoms with Crippen molar-refractivity contribution < 1.29 is 4.79 Å². The van der Waals surface area contributed by atoms with E-state index in [9.17, 15) is 4.79 Å². The van der Waals surface area contributed by atoms with E-state index >= 15 is 0 Å². The maximum atomic E-state index is 11.6. The van der Waals surface area contributed by atoms with Crippen molar-refractivity contribution >= 4 is 34.3 Å². The Balaban J connectivity index is 2.88. The molecule has 0 amide bonds. The Labute approximate surface area is 97.4 Å². The predicted molar refractivity (Wildman–Crippen MR) is 63.0 cm³/mol. The van der Waals surface area contributed by atoms with E-state index in [0.29, 0.717) is 12.1 Å². The highest BCUT2D eigenvalue weighted by Gasteiger charge is 2.14. The average molecular weight is 277 g/mol. The molecule has 0 saturated heterocycles. The fourth-order valence-corrected chi connectivity index (χ4v) is 1.86. The molecule has 0 aliphatic carbocycles. The van der Waals surface area contributed by atoms with E-state index in [2.05, 4.69) is 33.7 Å². The van der Waals surface area contributed by atoms with Crippen LogP contribution >= 0.6 is 28.6 Å². The van der Waals surface area contributed by atoms with Gasteiger partial charge in [-0.3, -0.25) is 9.48 Å². The number of carbonyl (C=O) groups is 1. The van der Waals surface area contributed by atoms with Gasteiger partial charge in [-0.15, -0.1) is 0 Å². The molecule has 0 saturated carbocycles. The van der Waals surface area contributed by atoms with Gasteiger partial charge >= 0.3 is 0 Å². The standard InChI is InChI=1S/C9H13BrN2OS/c1-2-8(13)9-7(10)6-11-12(9)4-3-5-14/h6,14H,2-5H2,1H3. The molecule has 0 spiro atoms. The normalized spacial score (nSPS) is 10.5. The van der Waals surface area contributed by atoms with E-state index in [4.69, 9.17) is 0 Å². The number of rotatable bonds is 5. The first-order valence-electron chi connectivity index (χ1n) is 4.56. The molecule has 14 heavy (non-hydrogen) atoms. The van der Waals surface area contributed by atoms with Crippen molar-refractivity contribution in [2.75, 3.05) is 5.75 Å². The molecule has 0 atom stereocenters. The number of hydrogen-bond donors (Lipinski definition) is 1. The smallest absolute Gasteiger partial charge is 0.181 e. The molecule has 0 fully saturated rings. The van der Waals surface area contributed by atoms with Crippen molar-refractivity contribution in [1.82, 2.24) is 9.78 Å². The molecule has 0 unspecified atom stereocenters. The lowest BCUT2D eigenvalue weighted by molar-refractivity contribution is 0.0977. The molecule has 1 aromatic heterocycles. The number of nitrogens with zero attached hydrogens (tertiary/aromatic N) is 2. The first kappa shape index (κ1) is 11.8. The largest absolute Gasteiger partial charge is 0.292 e. The minimum Gasteiger partial charge on any atom is -0.292 e. The molecule has 3 nitrogen and oxygen atoms in total. The van der Waals surface area contributed by atoms with E-state index in [0.717, 1.165) is 23.2 Å². The Morgan fingerprint density at radius 1 is 1.71 bits per heavy atom. The van der Waals surface area contributed by atoms with E-state index in [1.165, 1.54) is 0 Å². The second-order valence-electron chi connectivity index (χ2n) is 2.92. The fourth-order valence-electron chi connectivity index (χ4n) is 1.20. The summed E-state index contributed by atoms with van der Waals surface area (Å²) in [6.45, 7) is 2.60. The third kappa shape index (κ3) is 2.60. The summed E-state index contributed by atoms with van der Waals surface area (Å²) in [5.74, 6) is 0.922. The molecule has 0 aromatic carbocycles. The number of halogens is 1. The molecule has 78 valence electrons. The minimum absolute atomic E-state index is 0.119. The Kier molecular flexibility index (Phi) is 4.68. The van der Waals surface area contributed by atoms with Gasteiger partial charge in [0.05, 0.1) is 10.7 Å². The quantitative estimate of drug-likeness (QED) is 0.663. The summed E-state index contributed by atoms with van der Waals surface area (Å²) in [5, 5.41) is 4.14. The van der Waals surface area contributed by atoms with Crippen LogP contribution < -0.4 is 0 Å². The van der Waals surface area contributed by atoms with Crippen molar-refractivity contribution in [3.05, 3.63) is 16.4 Å². The monoisotopic (exact) mass is 276 g/mol. The first-order valence-corrected chi connectivity index (χ1v) is 5.98. The van der Waals surface area contributed by atoms with E-state index in [1.54, 1.807) is 10.9 Å². The maximum absolute atomic E-state index is 11.6. The zero-order chi connectivity index (χ0) is 10.6. The lowest BCUT2D eigenvalue weighted by Gasteiger charge is -2.04. The summed E-state index contributed by atoms with van der Waals surface area (Å²) in [5.41, 5.74) is 0.675. The van der Waals surface area contributed by atoms with Crippen LogP contribution in [0.2, 0.25) is 0 Å². The lowest BCUT2D eigenvalue weighted by Crippen LogP contribution is -2.10. The lowest BCUT2D eigenvalue weighted by atomic mass is 10.2. The SMILES string of the molecule is CCC(=O)c1c(Br)cnn1CCCS. The molecule has 0 radical (unpaired) electrons. The second-order valence-corrected chi connectivity index (χ2v) is 4.22. The van der Waals surface area contributed by atoms with Gasteiger partial charge in [0.2, 0.25) is 0 Å². The molecule has 1 aromatic rings. The number of aryl methyl sites for hydroxylation is 1. The van der Waals surface area contributed by atoms with Crippen LogP contribution in [0.5, 0.6) is 0 Å². The second kappa shape index (κ2) is 5.56. The molecular weight excluding hydrogens is 264 g/mol. The van der Waals surface area contributed by atoms with Gasteiger partial charge in [0, 0.05) is 13.0 Å². The molecule has 0 aliphatic heterocycles. The van der Waals surface area contributed by atoms with E-state index in [1.807, 2.05) is 6.92 Å². The van der Waals surface area contributed by atoms with Crippen LogP contribution in [0.15, 0.2) is 10.7 Å². The molecular formula is C9H13BrN2OS. The Morgan fingerprint density at radius 3 is 3.00 bits per heavy atom. The molecule has 0 aliphatic rings. The predicted octanol–water partition coefficient (Wildman–Crippen LogP) is 2.56. The van der Waals surface area contributed by atoms with Crippen molar-refractivity contribution in [2.45, 2.75) is 26.3 Å². The topological polar surface area (TPSA) is 34.9 Å². The average Bonchev–Trinajstić information content (AvgIpc) is 2.55. The Hall–Kier alpha value is -0.290. The molecule has 0 bridgehead atoms. The summed E-state index contributed by atoms with van der Waals surface area (Å²) in [4.78, 5) is 11.6. The highest BCUT2D eigenvalue weighted by atomic mass is 79.9. The third-order valence-corrected chi connectivity index (χ3v) is 2.80. The zero-order valence-corrected chi connectivity index (χ0v) is 10.5. The molecule has 1 rings (SSSR count). The van der Waals surface area contributed by atoms with Crippen LogP contribution in [0.4, 0.5) is 0 Å². The van der Waals surface area contributed by atoms with Crippen LogP contribution in [-0.2, 0) is 6.54 Å². The number of Topliss-reactive ketones (excluding diaryl/α,β-unsaturated/α-hetero) is 1. The van der Waals surface area contributed by atoms with Gasteiger partial charge in [-0.25, -0.2) is 0 Å². The highest BCUT2D eigenvalue weighted by molar-refractivity contribution is 9.10. The van der Waals surface area contributed by atoms with Crippen molar-refractivity contribution in [3.8, 4) is 0 Å². The van der Waals surface area contributed by atoms with Crippen LogP contribution in [0, 0.1) is 0 Å². The van der Waals surface area contributed by atoms with Crippen LogP contribution in [-0.4, -0.2) is 21.3 Å². The molecule has 0 N–H and O–H groups in total. The van der Waals surface area contributed by atoms with Gasteiger partial charge in [0.15, 0.2) is 5.78 Å². The number of hydrogen-bond acceptors (Lipinski definition) is 3. The van der Waals surface area contributed by atoms with Crippen LogP contribution in [0.1, 0.15) is 30.3 Å². The number of carbonyl (C=O) groups excluding carboxylic acids is 1. The van der Waals surface area contributed by atoms with Crippen LogP contribution in [0.3, 0.4) is 0 Å². The van der Waals surface area contributed by atoms with Gasteiger partial charge in [0.1, 0.15) is 5.69 Å². The van der Waals surface area contributed by atoms with Gasteiger partial charge in [0.25, 0.3) is 0 Å². The zero-order valence-electron chi connectivity index (χ0n) is 8.03. The van der Waals surface area contributed by atoms with Gasteiger partial charge in [-0.1, -0.05) is 6.92 Å². The third-order valence-electron chi connectivity index (χ3n) is 1.91. The summed E-state index contributed by atoms with van der Waals surface area (Å²) in [7, 11) is 0. The van der Waals surface area contributed by atoms with Gasteiger partial charge < -0.3 is 0 Å². The number of thiol groups is 1. The van der Waals surface area contributed by atoms with Crippen molar-refractivity contribution in [1.29, 1.82) is 0 Å². The van der Waals surface area contributed by atoms with E-state index in [-0.39, 0.29) is 5.78 Å². The molecule has 1 heterocycles. The Morgan fingerprint density at radius 2 is 2.43 bits per heavy atom. The van der Waals surface area contributed by atoms with Crippen LogP contribution in [0.25, 0.3) is 0 Å². The highest BCUT2D eigenvalue weighted by Crippen LogP contribution is 2.18. The number of aromatic nitrogens is 2. The summed E-state index contributed by atoms with van der Waals surface area (Å²) in [6.07, 6.45) is 3.09. The maximum Gasteiger partial charge on any atom is 0.181 e.